The highest BCUT2D eigenvalue weighted by Crippen LogP contribution is 2.35. The molecule has 328 valence electrons. The van der Waals surface area contributed by atoms with E-state index in [1.165, 1.54) is 50.8 Å². The van der Waals surface area contributed by atoms with E-state index in [9.17, 15) is 14.4 Å². The zero-order valence-electron chi connectivity index (χ0n) is 37.5. The molecule has 3 aromatic heterocycles. The van der Waals surface area contributed by atoms with Crippen molar-refractivity contribution in [3.05, 3.63) is 66.6 Å². The van der Waals surface area contributed by atoms with Gasteiger partial charge in [-0.3, -0.25) is 14.5 Å². The molecule has 60 heavy (non-hydrogen) atoms. The monoisotopic (exact) mass is 825 g/mol. The van der Waals surface area contributed by atoms with E-state index in [0.717, 1.165) is 81.0 Å². The Kier molecular flexibility index (Phi) is 20.3. The minimum Gasteiger partial charge on any atom is -0.372 e. The molecule has 1 saturated carbocycles. The van der Waals surface area contributed by atoms with Crippen molar-refractivity contribution in [3.63, 3.8) is 0 Å². The normalized spacial score (nSPS) is 15.8. The summed E-state index contributed by atoms with van der Waals surface area (Å²) >= 11 is 0. The molecule has 2 saturated heterocycles. The molecule has 0 bridgehead atoms. The predicted molar refractivity (Wildman–Crippen MR) is 247 cm³/mol. The van der Waals surface area contributed by atoms with E-state index >= 15 is 0 Å². The summed E-state index contributed by atoms with van der Waals surface area (Å²) in [6.45, 7) is 16.1. The Morgan fingerprint density at radius 1 is 0.833 bits per heavy atom. The maximum atomic E-state index is 13.0. The van der Waals surface area contributed by atoms with Gasteiger partial charge < -0.3 is 34.7 Å². The third-order valence-electron chi connectivity index (χ3n) is 11.4. The fraction of sp³-hybridized carbons (Fsp3) is 0.574. The van der Waals surface area contributed by atoms with Gasteiger partial charge in [0.05, 0.1) is 11.9 Å². The number of amides is 2. The van der Waals surface area contributed by atoms with Crippen LogP contribution in [0.1, 0.15) is 115 Å². The van der Waals surface area contributed by atoms with Gasteiger partial charge in [-0.1, -0.05) is 71.6 Å². The average Bonchev–Trinajstić information content (AvgIpc) is 3.97. The molecule has 0 radical (unpaired) electrons. The summed E-state index contributed by atoms with van der Waals surface area (Å²) in [5.41, 5.74) is 3.99. The number of carbonyl (C=O) groups excluding carboxylic acids is 3. The lowest BCUT2D eigenvalue weighted by molar-refractivity contribution is -0.120. The van der Waals surface area contributed by atoms with Gasteiger partial charge in [-0.05, 0) is 68.4 Å². The molecule has 2 aliphatic heterocycles. The van der Waals surface area contributed by atoms with Gasteiger partial charge in [0.1, 0.15) is 23.4 Å². The van der Waals surface area contributed by atoms with Crippen LogP contribution in [-0.2, 0) is 9.59 Å². The van der Waals surface area contributed by atoms with Gasteiger partial charge in [0.2, 0.25) is 11.9 Å². The Labute approximate surface area is 359 Å². The lowest BCUT2D eigenvalue weighted by Crippen LogP contribution is -2.49. The largest absolute Gasteiger partial charge is 0.372 e. The van der Waals surface area contributed by atoms with Crippen molar-refractivity contribution >= 4 is 52.3 Å². The molecular weight excluding hydrogens is 753 g/mol. The molecule has 3 fully saturated rings. The number of hydrogen-bond donors (Lipinski definition) is 2. The molecule has 3 aliphatic rings. The Morgan fingerprint density at radius 2 is 1.50 bits per heavy atom. The molecule has 7 rings (SSSR count). The van der Waals surface area contributed by atoms with E-state index in [1.807, 2.05) is 38.4 Å². The van der Waals surface area contributed by atoms with Gasteiger partial charge in [-0.2, -0.15) is 4.98 Å². The number of carbonyl (C=O) groups is 3. The highest BCUT2D eigenvalue weighted by atomic mass is 16.2. The van der Waals surface area contributed by atoms with Crippen LogP contribution >= 0.6 is 0 Å². The standard InChI is InChI=1S/C35H45N9O.C6H11NO2.C4H10.C2H6/c1-40(2)34(45)31-22-27-23-37-35(39-33(27)44(31)29-10-6-7-11-29)38-32-13-12-30(24-36-32)43-20-18-41(19-21-43)25-26-14-16-42(17-15-26)28-8-4-3-5-9-28;1-7-6(9)4-2-3-5-8;1-3-4-2;1-2/h3-5,8-9,12-13,22-24,26,29H,6-7,10-11,14-21,25H2,1-2H3,(H,36,37,38,39);5H,2-4H2,1H3,(H,7,9);3-4H2,1-2H3;1-2H3. The van der Waals surface area contributed by atoms with Crippen molar-refractivity contribution in [2.24, 2.45) is 5.92 Å². The van der Waals surface area contributed by atoms with Gasteiger partial charge in [0.25, 0.3) is 5.91 Å². The van der Waals surface area contributed by atoms with Crippen molar-refractivity contribution in [1.82, 2.24) is 34.6 Å². The summed E-state index contributed by atoms with van der Waals surface area (Å²) in [5, 5.41) is 6.65. The number of rotatable bonds is 13. The van der Waals surface area contributed by atoms with Crippen LogP contribution in [0.25, 0.3) is 11.0 Å². The van der Waals surface area contributed by atoms with E-state index < -0.39 is 0 Å². The third kappa shape index (κ3) is 14.0. The molecule has 13 nitrogen and oxygen atoms in total. The smallest absolute Gasteiger partial charge is 0.270 e. The zero-order valence-corrected chi connectivity index (χ0v) is 37.5. The fourth-order valence-corrected chi connectivity index (χ4v) is 7.79. The Bertz CT molecular complexity index is 1840. The Morgan fingerprint density at radius 3 is 2.08 bits per heavy atom. The number of piperazine rings is 1. The molecule has 0 atom stereocenters. The molecule has 13 heteroatoms. The molecule has 5 heterocycles. The summed E-state index contributed by atoms with van der Waals surface area (Å²) < 4.78 is 2.14. The van der Waals surface area contributed by atoms with Crippen LogP contribution in [0.5, 0.6) is 0 Å². The fourth-order valence-electron chi connectivity index (χ4n) is 7.79. The highest BCUT2D eigenvalue weighted by molar-refractivity contribution is 5.98. The first kappa shape index (κ1) is 47.6. The Balaban J connectivity index is 0.000000457. The SMILES string of the molecule is CC.CCCC.CN(C)C(=O)c1cc2cnc(Nc3ccc(N4CCN(CC5CCN(c6ccccc6)CC5)CC4)cn3)nc2n1C1CCCC1.CNC(=O)CCCC=O. The summed E-state index contributed by atoms with van der Waals surface area (Å²) in [5.74, 6) is 1.98. The highest BCUT2D eigenvalue weighted by Gasteiger charge is 2.27. The van der Waals surface area contributed by atoms with Crippen LogP contribution < -0.4 is 20.4 Å². The molecule has 0 spiro atoms. The Hall–Kier alpha value is -5.04. The van der Waals surface area contributed by atoms with Crippen LogP contribution in [0.4, 0.5) is 23.1 Å². The minimum absolute atomic E-state index is 0.00292. The van der Waals surface area contributed by atoms with E-state index in [1.54, 1.807) is 26.0 Å². The van der Waals surface area contributed by atoms with E-state index in [4.69, 9.17) is 9.97 Å². The van der Waals surface area contributed by atoms with Crippen LogP contribution in [0.15, 0.2) is 60.9 Å². The number of hydrogen-bond acceptors (Lipinski definition) is 10. The van der Waals surface area contributed by atoms with Gasteiger partial charge in [-0.25, -0.2) is 9.97 Å². The van der Waals surface area contributed by atoms with Crippen LogP contribution in [-0.4, -0.2) is 114 Å². The number of piperidine rings is 1. The van der Waals surface area contributed by atoms with E-state index in [-0.39, 0.29) is 17.9 Å². The first-order valence-corrected chi connectivity index (χ1v) is 22.5. The van der Waals surface area contributed by atoms with Gasteiger partial charge in [-0.15, -0.1) is 0 Å². The minimum atomic E-state index is -0.00309. The van der Waals surface area contributed by atoms with Crippen molar-refractivity contribution in [3.8, 4) is 0 Å². The number of pyridine rings is 1. The molecule has 2 N–H and O–H groups in total. The lowest BCUT2D eigenvalue weighted by Gasteiger charge is -2.40. The summed E-state index contributed by atoms with van der Waals surface area (Å²) in [4.78, 5) is 56.6. The summed E-state index contributed by atoms with van der Waals surface area (Å²) in [6.07, 6.45) is 15.8. The van der Waals surface area contributed by atoms with Gasteiger partial charge in [0.15, 0.2) is 0 Å². The number of unbranched alkanes of at least 4 members (excludes halogenated alkanes) is 2. The molecule has 0 unspecified atom stereocenters. The van der Waals surface area contributed by atoms with Crippen LogP contribution in [0.3, 0.4) is 0 Å². The van der Waals surface area contributed by atoms with Crippen molar-refractivity contribution < 1.29 is 14.4 Å². The van der Waals surface area contributed by atoms with Gasteiger partial charge >= 0.3 is 0 Å². The second kappa shape index (κ2) is 25.6. The number of fused-ring (bicyclic) bond motifs is 1. The maximum absolute atomic E-state index is 13.0. The van der Waals surface area contributed by atoms with Crippen molar-refractivity contribution in [1.29, 1.82) is 0 Å². The number of nitrogens with zero attached hydrogens (tertiary/aromatic N) is 8. The predicted octanol–water partition coefficient (Wildman–Crippen LogP) is 8.36. The number of anilines is 4. The van der Waals surface area contributed by atoms with Crippen LogP contribution in [0.2, 0.25) is 0 Å². The maximum Gasteiger partial charge on any atom is 0.270 e. The second-order valence-corrected chi connectivity index (χ2v) is 15.8. The molecule has 1 aromatic carbocycles. The summed E-state index contributed by atoms with van der Waals surface area (Å²) in [7, 11) is 5.18. The van der Waals surface area contributed by atoms with Crippen molar-refractivity contribution in [2.75, 3.05) is 82.1 Å². The molecular formula is C47H72N10O3. The van der Waals surface area contributed by atoms with Crippen LogP contribution in [0, 0.1) is 5.92 Å². The first-order valence-electron chi connectivity index (χ1n) is 22.5. The first-order chi connectivity index (χ1) is 29.2. The molecule has 4 aromatic rings. The lowest BCUT2D eigenvalue weighted by atomic mass is 9.95. The molecule has 1 aliphatic carbocycles. The van der Waals surface area contributed by atoms with Gasteiger partial charge in [0, 0.05) is 103 Å². The topological polar surface area (TPSA) is 132 Å². The number of nitrogens with one attached hydrogen (secondary N) is 2. The zero-order chi connectivity index (χ0) is 43.3. The third-order valence-corrected chi connectivity index (χ3v) is 11.4. The average molecular weight is 825 g/mol. The number of benzene rings is 1. The number of para-hydroxylation sites is 1. The summed E-state index contributed by atoms with van der Waals surface area (Å²) in [6, 6.07) is 17.2. The number of aldehydes is 1. The number of aromatic nitrogens is 4. The van der Waals surface area contributed by atoms with E-state index in [2.05, 4.69) is 85.1 Å². The van der Waals surface area contributed by atoms with E-state index in [0.29, 0.717) is 36.7 Å². The second-order valence-electron chi connectivity index (χ2n) is 15.8. The quantitative estimate of drug-likeness (QED) is 0.100. The van der Waals surface area contributed by atoms with Crippen molar-refractivity contribution in [2.45, 2.75) is 104 Å². The molecule has 2 amide bonds.